The molecular formula is C67H112N18O22. The number of hydrogen-bond acceptors (Lipinski definition) is 22. The zero-order chi connectivity index (χ0) is 81.2. The fourth-order valence-electron chi connectivity index (χ4n) is 10.4. The highest BCUT2D eigenvalue weighted by Crippen LogP contribution is 2.14. The van der Waals surface area contributed by atoms with E-state index in [1.54, 1.807) is 58.0 Å². The van der Waals surface area contributed by atoms with Crippen LogP contribution in [-0.2, 0) is 83.1 Å². The molecule has 0 aliphatic rings. The molecule has 0 spiro atoms. The number of guanidine groups is 1. The van der Waals surface area contributed by atoms with Gasteiger partial charge in [-0.05, 0) is 141 Å². The standard InChI is InChI=1S/C67H112N18O22/c1-34(2)30-47(57(97)74-33-49(88)76-46(66(106)107)19-12-14-28-69)83-61(101)45(23-26-52(93)94)81-65(105)54(38(7)87)84-62(102)41(18-11-13-27-68)78-58(98)42(20-15-29-73-67(71)72)79-60(100)44(22-25-51(91)92)80-59(99)43(21-24-50(89)90)77-55(95)36(5)75-64(104)53(37(6)86)85-63(103)48(31-35(3)4)82-56(96)40(70)32-39-16-9-8-10-17-39/h8-10,16-17,34-38,40-48,53-54,86-87H,11-15,18-33,68-70H2,1-7H3,(H,74,97)(H,75,104)(H,76,88)(H,77,95)(H,78,98)(H,79,100)(H,80,99)(H,81,105)(H,82,96)(H,83,101)(H,84,102)(H,85,103)(H,89,90)(H,91,92)(H,93,94)(H,106,107)(H4,71,72,73)/t36-,37+,38+,40-,41-,42-,43-,44-,45-,46-,47-,48-,53-,54-/m0/s1. The first-order valence-electron chi connectivity index (χ1n) is 35.3. The summed E-state index contributed by atoms with van der Waals surface area (Å²) in [5.41, 5.74) is 29.2. The quantitative estimate of drug-likeness (QED) is 0.0164. The topological polar surface area (TPSA) is 681 Å². The van der Waals surface area contributed by atoms with Crippen LogP contribution >= 0.6 is 0 Å². The molecule has 0 saturated carbocycles. The summed E-state index contributed by atoms with van der Waals surface area (Å²) in [5, 5.41) is 88.6. The Kier molecular flexibility index (Phi) is 44.6. The molecule has 0 radical (unpaired) electrons. The van der Waals surface area contributed by atoms with Gasteiger partial charge >= 0.3 is 23.9 Å². The van der Waals surface area contributed by atoms with Gasteiger partial charge in [-0.1, -0.05) is 58.0 Å². The molecule has 107 heavy (non-hydrogen) atoms. The molecule has 602 valence electrons. The summed E-state index contributed by atoms with van der Waals surface area (Å²) in [6, 6.07) is -10.6. The average molecular weight is 1520 g/mol. The van der Waals surface area contributed by atoms with Gasteiger partial charge in [-0.2, -0.15) is 0 Å². The molecular weight excluding hydrogens is 1410 g/mol. The number of carboxylic acids is 4. The third-order valence-electron chi connectivity index (χ3n) is 16.2. The molecule has 40 nitrogen and oxygen atoms in total. The SMILES string of the molecule is CC(C)C[C@H](NC(=O)[C@H](CCC(=O)O)NC(=O)[C@@H](NC(=O)[C@H](CCCCN)NC(=O)[C@H](CCCN=C(N)N)NC(=O)[C@H](CCC(=O)O)NC(=O)[C@H](CCC(=O)O)NC(=O)[C@H](C)NC(=O)[C@@H](NC(=O)[C@H](CC(C)C)NC(=O)[C@@H](N)Cc1ccccc1)[C@@H](C)O)[C@@H](C)O)C(=O)NCC(=O)N[C@@H](CCCCN)C(=O)O. The fourth-order valence-corrected chi connectivity index (χ4v) is 10.4. The minimum absolute atomic E-state index is 0.0416. The van der Waals surface area contributed by atoms with Crippen LogP contribution in [0.1, 0.15) is 157 Å². The number of carbonyl (C=O) groups excluding carboxylic acids is 12. The summed E-state index contributed by atoms with van der Waals surface area (Å²) in [7, 11) is 0. The van der Waals surface area contributed by atoms with Crippen LogP contribution in [0.2, 0.25) is 0 Å². The van der Waals surface area contributed by atoms with Gasteiger partial charge in [0.2, 0.25) is 70.9 Å². The van der Waals surface area contributed by atoms with E-state index in [0.717, 1.165) is 26.3 Å². The molecule has 0 aromatic heterocycles. The number of hydrogen-bond donors (Lipinski definition) is 23. The molecule has 0 aliphatic carbocycles. The number of aliphatic hydroxyl groups is 2. The Morgan fingerprint density at radius 2 is 0.757 bits per heavy atom. The Morgan fingerprint density at radius 3 is 1.16 bits per heavy atom. The van der Waals surface area contributed by atoms with Gasteiger partial charge in [0, 0.05) is 25.8 Å². The minimum atomic E-state index is -1.98. The lowest BCUT2D eigenvalue weighted by molar-refractivity contribution is -0.142. The fraction of sp³-hybridized carbons (Fsp3) is 0.657. The Bertz CT molecular complexity index is 3160. The van der Waals surface area contributed by atoms with Gasteiger partial charge in [-0.15, -0.1) is 0 Å². The monoisotopic (exact) mass is 1520 g/mol. The van der Waals surface area contributed by atoms with Crippen molar-refractivity contribution in [2.75, 3.05) is 26.2 Å². The van der Waals surface area contributed by atoms with E-state index < -0.39 is 225 Å². The van der Waals surface area contributed by atoms with E-state index in [0.29, 0.717) is 12.8 Å². The minimum Gasteiger partial charge on any atom is -0.481 e. The maximum Gasteiger partial charge on any atom is 0.326 e. The van der Waals surface area contributed by atoms with Crippen molar-refractivity contribution in [3.05, 3.63) is 35.9 Å². The highest BCUT2D eigenvalue weighted by molar-refractivity contribution is 6.00. The largest absolute Gasteiger partial charge is 0.481 e. The van der Waals surface area contributed by atoms with Crippen LogP contribution in [-0.4, -0.2) is 242 Å². The number of aliphatic imine (C=N–C) groups is 1. The lowest BCUT2D eigenvalue weighted by Gasteiger charge is -2.29. The van der Waals surface area contributed by atoms with Gasteiger partial charge < -0.3 is 123 Å². The third-order valence-corrected chi connectivity index (χ3v) is 16.2. The number of aliphatic hydroxyl groups excluding tert-OH is 2. The Hall–Kier alpha value is -10.2. The number of nitrogens with one attached hydrogen (secondary N) is 12. The van der Waals surface area contributed by atoms with Gasteiger partial charge in [-0.3, -0.25) is 76.9 Å². The molecule has 1 aromatic carbocycles. The summed E-state index contributed by atoms with van der Waals surface area (Å²) < 4.78 is 0. The van der Waals surface area contributed by atoms with E-state index in [4.69, 9.17) is 28.7 Å². The first-order chi connectivity index (χ1) is 50.2. The van der Waals surface area contributed by atoms with Crippen molar-refractivity contribution in [2.24, 2.45) is 45.5 Å². The van der Waals surface area contributed by atoms with Crippen molar-refractivity contribution in [1.82, 2.24) is 63.8 Å². The van der Waals surface area contributed by atoms with E-state index in [2.05, 4.69) is 68.8 Å². The van der Waals surface area contributed by atoms with Gasteiger partial charge in [0.05, 0.1) is 24.8 Å². The molecule has 0 heterocycles. The number of carbonyl (C=O) groups is 16. The molecule has 0 aliphatic heterocycles. The Morgan fingerprint density at radius 1 is 0.402 bits per heavy atom. The van der Waals surface area contributed by atoms with Crippen LogP contribution in [0.5, 0.6) is 0 Å². The number of benzene rings is 1. The maximum absolute atomic E-state index is 14.5. The van der Waals surface area contributed by atoms with Crippen molar-refractivity contribution in [3.63, 3.8) is 0 Å². The van der Waals surface area contributed by atoms with E-state index in [1.807, 2.05) is 0 Å². The molecule has 1 aromatic rings. The van der Waals surface area contributed by atoms with Gasteiger partial charge in [0.25, 0.3) is 0 Å². The van der Waals surface area contributed by atoms with Gasteiger partial charge in [-0.25, -0.2) is 4.79 Å². The van der Waals surface area contributed by atoms with Crippen molar-refractivity contribution >= 4 is 101 Å². The molecule has 28 N–H and O–H groups in total. The third kappa shape index (κ3) is 39.1. The number of nitrogens with zero attached hydrogens (tertiary/aromatic N) is 1. The molecule has 1 rings (SSSR count). The normalized spacial score (nSPS) is 15.0. The summed E-state index contributed by atoms with van der Waals surface area (Å²) in [4.78, 5) is 218. The van der Waals surface area contributed by atoms with Crippen molar-refractivity contribution in [2.45, 2.75) is 242 Å². The highest BCUT2D eigenvalue weighted by atomic mass is 16.4. The number of carboxylic acid groups (broad SMARTS) is 4. The summed E-state index contributed by atoms with van der Waals surface area (Å²) in [6.45, 7) is 9.66. The van der Waals surface area contributed by atoms with Crippen molar-refractivity contribution in [1.29, 1.82) is 0 Å². The molecule has 12 amide bonds. The van der Waals surface area contributed by atoms with Crippen molar-refractivity contribution in [3.8, 4) is 0 Å². The van der Waals surface area contributed by atoms with E-state index in [9.17, 15) is 107 Å². The first-order valence-corrected chi connectivity index (χ1v) is 35.3. The number of rotatable bonds is 54. The van der Waals surface area contributed by atoms with Gasteiger partial charge in [0.1, 0.15) is 66.5 Å². The van der Waals surface area contributed by atoms with Crippen molar-refractivity contribution < 1.29 is 107 Å². The molecule has 40 heteroatoms. The second-order valence-corrected chi connectivity index (χ2v) is 26.7. The number of nitrogens with two attached hydrogens (primary N) is 5. The number of aliphatic carboxylic acids is 4. The number of amides is 12. The van der Waals surface area contributed by atoms with Crippen LogP contribution < -0.4 is 92.5 Å². The first kappa shape index (κ1) is 94.8. The van der Waals surface area contributed by atoms with Crippen LogP contribution in [0, 0.1) is 11.8 Å². The smallest absolute Gasteiger partial charge is 0.326 e. The molecule has 0 saturated heterocycles. The van der Waals surface area contributed by atoms with Crippen LogP contribution in [0.15, 0.2) is 35.3 Å². The van der Waals surface area contributed by atoms with Gasteiger partial charge in [0.15, 0.2) is 5.96 Å². The van der Waals surface area contributed by atoms with Crippen LogP contribution in [0.25, 0.3) is 0 Å². The molecule has 0 unspecified atom stereocenters. The zero-order valence-electron chi connectivity index (χ0n) is 61.5. The predicted molar refractivity (Wildman–Crippen MR) is 384 cm³/mol. The second-order valence-electron chi connectivity index (χ2n) is 26.7. The van der Waals surface area contributed by atoms with Crippen LogP contribution in [0.4, 0.5) is 0 Å². The maximum atomic E-state index is 14.5. The van der Waals surface area contributed by atoms with E-state index >= 15 is 0 Å². The molecule has 14 atom stereocenters. The lowest BCUT2D eigenvalue weighted by Crippen LogP contribution is -2.62. The number of unbranched alkanes of at least 4 members (excludes halogenated alkanes) is 2. The Labute approximate surface area is 619 Å². The predicted octanol–water partition coefficient (Wildman–Crippen LogP) is -6.13. The zero-order valence-corrected chi connectivity index (χ0v) is 61.5. The average Bonchev–Trinajstić information content (AvgIpc) is 0.859. The highest BCUT2D eigenvalue weighted by Gasteiger charge is 2.38. The van der Waals surface area contributed by atoms with Crippen LogP contribution in [0.3, 0.4) is 0 Å². The lowest BCUT2D eigenvalue weighted by atomic mass is 10.0. The summed E-state index contributed by atoms with van der Waals surface area (Å²) in [6.07, 6.45) is -7.20. The van der Waals surface area contributed by atoms with E-state index in [-0.39, 0.29) is 95.2 Å². The molecule has 0 fully saturated rings. The Balaban J connectivity index is 3.61. The van der Waals surface area contributed by atoms with E-state index in [1.165, 1.54) is 0 Å². The summed E-state index contributed by atoms with van der Waals surface area (Å²) in [5.74, 6) is -19.5. The second kappa shape index (κ2) is 50.3. The summed E-state index contributed by atoms with van der Waals surface area (Å²) >= 11 is 0. The molecule has 0 bridgehead atoms.